The van der Waals surface area contributed by atoms with Gasteiger partial charge in [-0.3, -0.25) is 9.59 Å². The highest BCUT2D eigenvalue weighted by Crippen LogP contribution is 2.38. The molecule has 1 saturated heterocycles. The van der Waals surface area contributed by atoms with Gasteiger partial charge >= 0.3 is 0 Å². The van der Waals surface area contributed by atoms with E-state index in [1.165, 1.54) is 7.11 Å². The molecule has 0 unspecified atom stereocenters. The molecule has 2 amide bonds. The monoisotopic (exact) mass is 758 g/mol. The third-order valence-electron chi connectivity index (χ3n) is 9.47. The Morgan fingerprint density at radius 1 is 1.20 bits per heavy atom. The van der Waals surface area contributed by atoms with Crippen LogP contribution in [0.3, 0.4) is 0 Å². The standard InChI is InChI=1S/C34H51IN2O9/c1-20(2)25-8-7-21(3)12-28(25)45-19-31(40)37(17-24-6-5-11-44-24)27-15-23(34(42)36-9-10-38)16-29(32(27)41)46-33-26(35)13-22(18-39)14-30(33)43-4/h13-14,16,20-21,24-25,27-29,32,38-39,41H,5-12,15,17-19H2,1-4H3,(H,36,42)/t21-,24-,25+,27+,28-,29-,32-/m0/s1. The molecule has 4 rings (SSSR count). The van der Waals surface area contributed by atoms with Crippen molar-refractivity contribution >= 4 is 34.4 Å². The van der Waals surface area contributed by atoms with Crippen LogP contribution in [-0.4, -0.2) is 103 Å². The minimum absolute atomic E-state index is 0.0270. The van der Waals surface area contributed by atoms with E-state index < -0.39 is 24.2 Å². The molecule has 2 aliphatic carbocycles. The average Bonchev–Trinajstić information content (AvgIpc) is 3.56. The van der Waals surface area contributed by atoms with E-state index in [-0.39, 0.29) is 57.4 Å². The summed E-state index contributed by atoms with van der Waals surface area (Å²) in [7, 11) is 1.49. The van der Waals surface area contributed by atoms with Crippen molar-refractivity contribution in [3.05, 3.63) is 32.9 Å². The van der Waals surface area contributed by atoms with Gasteiger partial charge in [0.1, 0.15) is 18.8 Å². The number of aliphatic hydroxyl groups excluding tert-OH is 3. The van der Waals surface area contributed by atoms with Crippen LogP contribution in [0.25, 0.3) is 0 Å². The Labute approximate surface area is 286 Å². The quantitative estimate of drug-likeness (QED) is 0.210. The number of amides is 2. The fourth-order valence-corrected chi connectivity index (χ4v) is 7.68. The second-order valence-corrected chi connectivity index (χ2v) is 14.3. The number of carbonyl (C=O) groups excluding carboxylic acids is 2. The molecule has 0 spiro atoms. The van der Waals surface area contributed by atoms with Gasteiger partial charge in [0.2, 0.25) is 11.8 Å². The van der Waals surface area contributed by atoms with Crippen molar-refractivity contribution in [2.45, 2.75) is 96.4 Å². The first-order chi connectivity index (χ1) is 22.1. The lowest BCUT2D eigenvalue weighted by Gasteiger charge is -2.42. The molecular formula is C34H51IN2O9. The normalized spacial score (nSPS) is 28.1. The first-order valence-electron chi connectivity index (χ1n) is 16.5. The number of nitrogens with one attached hydrogen (secondary N) is 1. The average molecular weight is 759 g/mol. The summed E-state index contributed by atoms with van der Waals surface area (Å²) in [4.78, 5) is 29.0. The predicted molar refractivity (Wildman–Crippen MR) is 180 cm³/mol. The molecule has 11 nitrogen and oxygen atoms in total. The fraction of sp³-hybridized carbons (Fsp3) is 0.706. The van der Waals surface area contributed by atoms with Crippen molar-refractivity contribution in [2.75, 3.05) is 40.0 Å². The van der Waals surface area contributed by atoms with Crippen LogP contribution in [0.4, 0.5) is 0 Å². The van der Waals surface area contributed by atoms with Crippen LogP contribution in [0.1, 0.15) is 64.9 Å². The lowest BCUT2D eigenvalue weighted by Crippen LogP contribution is -2.57. The Bertz CT molecular complexity index is 1210. The van der Waals surface area contributed by atoms with Crippen molar-refractivity contribution in [1.82, 2.24) is 10.2 Å². The maximum absolute atomic E-state index is 14.1. The molecule has 1 aromatic rings. The fourth-order valence-electron chi connectivity index (χ4n) is 6.89. The summed E-state index contributed by atoms with van der Waals surface area (Å²) in [6.45, 7) is 7.00. The van der Waals surface area contributed by atoms with Crippen LogP contribution in [0.5, 0.6) is 11.5 Å². The third kappa shape index (κ3) is 9.34. The molecule has 12 heteroatoms. The molecule has 258 valence electrons. The zero-order chi connectivity index (χ0) is 33.4. The highest BCUT2D eigenvalue weighted by atomic mass is 127. The van der Waals surface area contributed by atoms with E-state index in [0.717, 1.165) is 32.1 Å². The van der Waals surface area contributed by atoms with Crippen LogP contribution in [-0.2, 0) is 25.7 Å². The van der Waals surface area contributed by atoms with Crippen molar-refractivity contribution in [1.29, 1.82) is 0 Å². The maximum Gasteiger partial charge on any atom is 0.249 e. The summed E-state index contributed by atoms with van der Waals surface area (Å²) in [5.74, 6) is 1.37. The molecule has 3 aliphatic rings. The van der Waals surface area contributed by atoms with E-state index in [4.69, 9.17) is 18.9 Å². The number of hydrogen-bond acceptors (Lipinski definition) is 9. The second-order valence-electron chi connectivity index (χ2n) is 13.1. The van der Waals surface area contributed by atoms with Crippen molar-refractivity contribution in [3.8, 4) is 11.5 Å². The van der Waals surface area contributed by atoms with Crippen LogP contribution >= 0.6 is 22.6 Å². The van der Waals surface area contributed by atoms with Gasteiger partial charge in [-0.25, -0.2) is 0 Å². The molecule has 46 heavy (non-hydrogen) atoms. The molecule has 0 radical (unpaired) electrons. The number of benzene rings is 1. The summed E-state index contributed by atoms with van der Waals surface area (Å²) in [6, 6.07) is 2.60. The van der Waals surface area contributed by atoms with E-state index in [9.17, 15) is 24.9 Å². The third-order valence-corrected chi connectivity index (χ3v) is 10.3. The zero-order valence-corrected chi connectivity index (χ0v) is 29.6. The first-order valence-corrected chi connectivity index (χ1v) is 17.6. The second kappa shape index (κ2) is 17.4. The van der Waals surface area contributed by atoms with Gasteiger partial charge in [-0.05, 0) is 89.8 Å². The number of methoxy groups -OCH3 is 1. The van der Waals surface area contributed by atoms with Gasteiger partial charge in [-0.15, -0.1) is 0 Å². The molecule has 4 N–H and O–H groups in total. The van der Waals surface area contributed by atoms with Gasteiger partial charge < -0.3 is 44.5 Å². The van der Waals surface area contributed by atoms with E-state index in [2.05, 4.69) is 48.7 Å². The van der Waals surface area contributed by atoms with Gasteiger partial charge in [-0.1, -0.05) is 27.2 Å². The maximum atomic E-state index is 14.1. The number of halogens is 1. The van der Waals surface area contributed by atoms with Crippen LogP contribution in [0.15, 0.2) is 23.8 Å². The number of carbonyl (C=O) groups is 2. The van der Waals surface area contributed by atoms with E-state index in [1.807, 2.05) is 0 Å². The summed E-state index contributed by atoms with van der Waals surface area (Å²) in [5, 5.41) is 33.6. The van der Waals surface area contributed by atoms with Gasteiger partial charge in [0.15, 0.2) is 11.5 Å². The Hall–Kier alpha value is -1.97. The lowest BCUT2D eigenvalue weighted by atomic mass is 9.75. The highest BCUT2D eigenvalue weighted by molar-refractivity contribution is 14.1. The van der Waals surface area contributed by atoms with Crippen LogP contribution in [0.2, 0.25) is 0 Å². The van der Waals surface area contributed by atoms with Gasteiger partial charge in [0.05, 0.1) is 42.1 Å². The Balaban J connectivity index is 1.64. The predicted octanol–water partition coefficient (Wildman–Crippen LogP) is 3.19. The summed E-state index contributed by atoms with van der Waals surface area (Å²) in [5.41, 5.74) is 0.970. The smallest absolute Gasteiger partial charge is 0.249 e. The SMILES string of the molecule is COc1cc(CO)cc(I)c1O[C@H]1C=C(C(=O)NCCO)C[C@@H](N(C[C@@H]2CCCO2)C(=O)CO[C@H]2C[C@@H](C)CC[C@@H]2C(C)C)[C@@H]1O. The van der Waals surface area contributed by atoms with E-state index in [0.29, 0.717) is 50.6 Å². The van der Waals surface area contributed by atoms with Gasteiger partial charge in [0.25, 0.3) is 0 Å². The van der Waals surface area contributed by atoms with Crippen molar-refractivity contribution < 1.29 is 43.9 Å². The minimum atomic E-state index is -1.20. The number of hydrogen-bond donors (Lipinski definition) is 4. The molecule has 1 saturated carbocycles. The number of ether oxygens (including phenoxy) is 4. The Morgan fingerprint density at radius 3 is 2.63 bits per heavy atom. The molecule has 7 atom stereocenters. The Morgan fingerprint density at radius 2 is 1.98 bits per heavy atom. The first kappa shape index (κ1) is 36.9. The molecule has 1 heterocycles. The minimum Gasteiger partial charge on any atom is -0.493 e. The van der Waals surface area contributed by atoms with Crippen LogP contribution < -0.4 is 14.8 Å². The van der Waals surface area contributed by atoms with Crippen molar-refractivity contribution in [2.24, 2.45) is 17.8 Å². The Kier molecular flexibility index (Phi) is 14.0. The summed E-state index contributed by atoms with van der Waals surface area (Å²) >= 11 is 2.08. The number of nitrogens with zero attached hydrogens (tertiary/aromatic N) is 1. The number of rotatable bonds is 14. The largest absolute Gasteiger partial charge is 0.493 e. The number of aliphatic hydroxyl groups is 3. The lowest BCUT2D eigenvalue weighted by molar-refractivity contribution is -0.150. The molecule has 1 aromatic carbocycles. The van der Waals surface area contributed by atoms with Crippen molar-refractivity contribution in [3.63, 3.8) is 0 Å². The summed E-state index contributed by atoms with van der Waals surface area (Å²) < 4.78 is 24.9. The molecular weight excluding hydrogens is 707 g/mol. The zero-order valence-electron chi connectivity index (χ0n) is 27.5. The molecule has 0 bridgehead atoms. The molecule has 1 aliphatic heterocycles. The highest BCUT2D eigenvalue weighted by Gasteiger charge is 2.42. The van der Waals surface area contributed by atoms with Gasteiger partial charge in [-0.2, -0.15) is 0 Å². The molecule has 2 fully saturated rings. The van der Waals surface area contributed by atoms with Gasteiger partial charge in [0, 0.05) is 31.7 Å². The topological polar surface area (TPSA) is 147 Å². The van der Waals surface area contributed by atoms with E-state index >= 15 is 0 Å². The van der Waals surface area contributed by atoms with Crippen LogP contribution in [0, 0.1) is 21.3 Å². The summed E-state index contributed by atoms with van der Waals surface area (Å²) in [6.07, 6.45) is 4.01. The molecule has 0 aromatic heterocycles. The van der Waals surface area contributed by atoms with E-state index in [1.54, 1.807) is 23.1 Å².